The Labute approximate surface area is 110 Å². The second-order valence-electron chi connectivity index (χ2n) is 3.59. The molecule has 0 bridgehead atoms. The number of likely N-dealkylation sites (N-methyl/N-ethyl adjacent to an activating group) is 1. The highest BCUT2D eigenvalue weighted by Crippen LogP contribution is 2.26. The SMILES string of the molecule is CCCOCC(NC)c1ccc(Cl)c(Br)c1. The lowest BCUT2D eigenvalue weighted by molar-refractivity contribution is 0.114. The normalized spacial score (nSPS) is 12.8. The van der Waals surface area contributed by atoms with E-state index in [1.807, 2.05) is 25.2 Å². The zero-order valence-electron chi connectivity index (χ0n) is 9.59. The molecule has 1 aromatic carbocycles. The Bertz CT molecular complexity index is 333. The molecular weight excluding hydrogens is 289 g/mol. The molecule has 0 aliphatic rings. The van der Waals surface area contributed by atoms with Gasteiger partial charge in [0.25, 0.3) is 0 Å². The minimum Gasteiger partial charge on any atom is -0.379 e. The molecule has 0 heterocycles. The molecule has 0 radical (unpaired) electrons. The number of benzene rings is 1. The second kappa shape index (κ2) is 7.28. The quantitative estimate of drug-likeness (QED) is 0.807. The predicted octanol–water partition coefficient (Wildman–Crippen LogP) is 3.79. The van der Waals surface area contributed by atoms with Crippen LogP contribution < -0.4 is 5.32 Å². The summed E-state index contributed by atoms with van der Waals surface area (Å²) in [6.45, 7) is 3.58. The average Bonchev–Trinajstić information content (AvgIpc) is 2.29. The summed E-state index contributed by atoms with van der Waals surface area (Å²) in [6.07, 6.45) is 1.04. The zero-order valence-corrected chi connectivity index (χ0v) is 11.9. The highest BCUT2D eigenvalue weighted by atomic mass is 79.9. The Balaban J connectivity index is 2.67. The molecular formula is C12H17BrClNO. The summed E-state index contributed by atoms with van der Waals surface area (Å²) in [5.74, 6) is 0. The molecule has 0 aliphatic carbocycles. The number of halogens is 2. The van der Waals surface area contributed by atoms with Crippen molar-refractivity contribution < 1.29 is 4.74 Å². The van der Waals surface area contributed by atoms with Crippen molar-refractivity contribution in [3.8, 4) is 0 Å². The molecule has 0 aliphatic heterocycles. The maximum Gasteiger partial charge on any atom is 0.0661 e. The largest absolute Gasteiger partial charge is 0.379 e. The lowest BCUT2D eigenvalue weighted by Gasteiger charge is -2.17. The van der Waals surface area contributed by atoms with Crippen molar-refractivity contribution in [1.82, 2.24) is 5.32 Å². The van der Waals surface area contributed by atoms with E-state index in [0.29, 0.717) is 6.61 Å². The van der Waals surface area contributed by atoms with E-state index in [1.54, 1.807) is 0 Å². The predicted molar refractivity (Wildman–Crippen MR) is 72.1 cm³/mol. The van der Waals surface area contributed by atoms with Crippen LogP contribution in [0.2, 0.25) is 5.02 Å². The van der Waals surface area contributed by atoms with E-state index in [9.17, 15) is 0 Å². The van der Waals surface area contributed by atoms with Gasteiger partial charge in [0.05, 0.1) is 17.7 Å². The van der Waals surface area contributed by atoms with Gasteiger partial charge in [0, 0.05) is 11.1 Å². The van der Waals surface area contributed by atoms with E-state index >= 15 is 0 Å². The van der Waals surface area contributed by atoms with Gasteiger partial charge in [-0.15, -0.1) is 0 Å². The van der Waals surface area contributed by atoms with Gasteiger partial charge in [-0.05, 0) is 47.1 Å². The molecule has 0 saturated heterocycles. The van der Waals surface area contributed by atoms with Gasteiger partial charge in [0.1, 0.15) is 0 Å². The number of hydrogen-bond donors (Lipinski definition) is 1. The molecule has 1 rings (SSSR count). The fourth-order valence-electron chi connectivity index (χ4n) is 1.42. The summed E-state index contributed by atoms with van der Waals surface area (Å²) < 4.78 is 6.47. The van der Waals surface area contributed by atoms with Crippen LogP contribution in [0.25, 0.3) is 0 Å². The van der Waals surface area contributed by atoms with E-state index < -0.39 is 0 Å². The van der Waals surface area contributed by atoms with Crippen LogP contribution in [0, 0.1) is 0 Å². The van der Waals surface area contributed by atoms with Crippen molar-refractivity contribution >= 4 is 27.5 Å². The van der Waals surface area contributed by atoms with E-state index in [1.165, 1.54) is 5.56 Å². The molecule has 0 aromatic heterocycles. The highest BCUT2D eigenvalue weighted by Gasteiger charge is 2.10. The van der Waals surface area contributed by atoms with E-state index in [-0.39, 0.29) is 6.04 Å². The maximum atomic E-state index is 5.96. The Kier molecular flexibility index (Phi) is 6.36. The first-order chi connectivity index (χ1) is 7.69. The van der Waals surface area contributed by atoms with Gasteiger partial charge >= 0.3 is 0 Å². The summed E-state index contributed by atoms with van der Waals surface area (Å²) >= 11 is 9.38. The summed E-state index contributed by atoms with van der Waals surface area (Å²) in [5.41, 5.74) is 1.18. The molecule has 0 saturated carbocycles. The maximum absolute atomic E-state index is 5.96. The van der Waals surface area contributed by atoms with Crippen molar-refractivity contribution in [3.63, 3.8) is 0 Å². The first-order valence-electron chi connectivity index (χ1n) is 5.39. The molecule has 0 fully saturated rings. The Morgan fingerprint density at radius 2 is 2.25 bits per heavy atom. The van der Waals surface area contributed by atoms with Gasteiger partial charge < -0.3 is 10.1 Å². The van der Waals surface area contributed by atoms with Crippen LogP contribution in [0.1, 0.15) is 24.9 Å². The lowest BCUT2D eigenvalue weighted by atomic mass is 10.1. The monoisotopic (exact) mass is 305 g/mol. The highest BCUT2D eigenvalue weighted by molar-refractivity contribution is 9.10. The Morgan fingerprint density at radius 1 is 1.50 bits per heavy atom. The molecule has 4 heteroatoms. The molecule has 1 aromatic rings. The number of rotatable bonds is 6. The van der Waals surface area contributed by atoms with Crippen molar-refractivity contribution in [2.24, 2.45) is 0 Å². The molecule has 1 N–H and O–H groups in total. The van der Waals surface area contributed by atoms with Gasteiger partial charge in [-0.1, -0.05) is 24.6 Å². The van der Waals surface area contributed by atoms with Gasteiger partial charge in [0.15, 0.2) is 0 Å². The van der Waals surface area contributed by atoms with Crippen molar-refractivity contribution in [3.05, 3.63) is 33.3 Å². The van der Waals surface area contributed by atoms with E-state index in [0.717, 1.165) is 22.5 Å². The first kappa shape index (κ1) is 14.0. The average molecular weight is 307 g/mol. The van der Waals surface area contributed by atoms with Crippen LogP contribution in [-0.4, -0.2) is 20.3 Å². The molecule has 90 valence electrons. The van der Waals surface area contributed by atoms with Gasteiger partial charge in [-0.2, -0.15) is 0 Å². The minimum absolute atomic E-state index is 0.208. The topological polar surface area (TPSA) is 21.3 Å². The van der Waals surface area contributed by atoms with E-state index in [4.69, 9.17) is 16.3 Å². The van der Waals surface area contributed by atoms with Gasteiger partial charge in [-0.25, -0.2) is 0 Å². The van der Waals surface area contributed by atoms with Crippen LogP contribution in [0.15, 0.2) is 22.7 Å². The molecule has 1 unspecified atom stereocenters. The van der Waals surface area contributed by atoms with E-state index in [2.05, 4.69) is 28.2 Å². The lowest BCUT2D eigenvalue weighted by Crippen LogP contribution is -2.22. The van der Waals surface area contributed by atoms with Gasteiger partial charge in [-0.3, -0.25) is 0 Å². The third kappa shape index (κ3) is 4.06. The molecule has 2 nitrogen and oxygen atoms in total. The fraction of sp³-hybridized carbons (Fsp3) is 0.500. The Hall–Kier alpha value is -0.0900. The van der Waals surface area contributed by atoms with Crippen molar-refractivity contribution in [1.29, 1.82) is 0 Å². The molecule has 1 atom stereocenters. The van der Waals surface area contributed by atoms with Crippen LogP contribution in [0.4, 0.5) is 0 Å². The number of ether oxygens (including phenoxy) is 1. The molecule has 0 spiro atoms. The summed E-state index contributed by atoms with van der Waals surface area (Å²) in [5, 5.41) is 3.96. The standard InChI is InChI=1S/C12H17BrClNO/c1-3-6-16-8-12(15-2)9-4-5-11(14)10(13)7-9/h4-5,7,12,15H,3,6,8H2,1-2H3. The Morgan fingerprint density at radius 3 is 2.81 bits per heavy atom. The number of nitrogens with one attached hydrogen (secondary N) is 1. The smallest absolute Gasteiger partial charge is 0.0661 e. The van der Waals surface area contributed by atoms with Crippen LogP contribution >= 0.6 is 27.5 Å². The third-order valence-electron chi connectivity index (χ3n) is 2.33. The third-order valence-corrected chi connectivity index (χ3v) is 3.54. The molecule has 0 amide bonds. The van der Waals surface area contributed by atoms with Crippen LogP contribution in [-0.2, 0) is 4.74 Å². The second-order valence-corrected chi connectivity index (χ2v) is 4.85. The summed E-state index contributed by atoms with van der Waals surface area (Å²) in [4.78, 5) is 0. The van der Waals surface area contributed by atoms with Gasteiger partial charge in [0.2, 0.25) is 0 Å². The van der Waals surface area contributed by atoms with Crippen LogP contribution in [0.5, 0.6) is 0 Å². The minimum atomic E-state index is 0.208. The fourth-order valence-corrected chi connectivity index (χ4v) is 1.93. The van der Waals surface area contributed by atoms with Crippen molar-refractivity contribution in [2.75, 3.05) is 20.3 Å². The van der Waals surface area contributed by atoms with Crippen molar-refractivity contribution in [2.45, 2.75) is 19.4 Å². The summed E-state index contributed by atoms with van der Waals surface area (Å²) in [7, 11) is 1.93. The summed E-state index contributed by atoms with van der Waals surface area (Å²) in [6, 6.07) is 6.15. The zero-order chi connectivity index (χ0) is 12.0. The molecule has 16 heavy (non-hydrogen) atoms. The van der Waals surface area contributed by atoms with Crippen LogP contribution in [0.3, 0.4) is 0 Å². The first-order valence-corrected chi connectivity index (χ1v) is 6.56. The number of hydrogen-bond acceptors (Lipinski definition) is 2.